The van der Waals surface area contributed by atoms with Gasteiger partial charge in [0.05, 0.1) is 13.1 Å². The lowest BCUT2D eigenvalue weighted by atomic mass is 10.0. The average molecular weight is 319 g/mol. The highest BCUT2D eigenvalue weighted by atomic mass is 16.2. The third-order valence-corrected chi connectivity index (χ3v) is 3.72. The Morgan fingerprint density at radius 3 is 2.09 bits per heavy atom. The number of amides is 2. The molecule has 0 bridgehead atoms. The maximum atomic E-state index is 12.8. The molecule has 0 aliphatic carbocycles. The van der Waals surface area contributed by atoms with E-state index in [4.69, 9.17) is 5.73 Å². The summed E-state index contributed by atoms with van der Waals surface area (Å²) in [5.74, 6) is -0.423. The van der Waals surface area contributed by atoms with Gasteiger partial charge in [-0.1, -0.05) is 30.3 Å². The molecular weight excluding hydrogens is 290 g/mol. The molecule has 0 spiro atoms. The van der Waals surface area contributed by atoms with Gasteiger partial charge in [-0.3, -0.25) is 14.5 Å². The Kier molecular flexibility index (Phi) is 6.76. The van der Waals surface area contributed by atoms with Crippen LogP contribution in [-0.4, -0.2) is 46.3 Å². The first kappa shape index (κ1) is 19.2. The number of hydrogen-bond donors (Lipinski definition) is 1. The molecule has 5 heteroatoms. The number of nitrogens with zero attached hydrogens (tertiary/aromatic N) is 2. The van der Waals surface area contributed by atoms with E-state index < -0.39 is 5.91 Å². The molecule has 0 aliphatic rings. The fourth-order valence-electron chi connectivity index (χ4n) is 2.35. The molecule has 1 aromatic carbocycles. The smallest absolute Gasteiger partial charge is 0.237 e. The molecule has 0 aliphatic heterocycles. The summed E-state index contributed by atoms with van der Waals surface area (Å²) in [5, 5.41) is 0. The fraction of sp³-hybridized carbons (Fsp3) is 0.556. The molecule has 0 atom stereocenters. The number of primary amides is 1. The molecule has 0 fully saturated rings. The normalized spacial score (nSPS) is 11.8. The highest BCUT2D eigenvalue weighted by Crippen LogP contribution is 2.18. The standard InChI is InChI=1S/C18H29N3O2/c1-14(2)20(12-16(19)22)13-17(23)21(18(3,4)5)11-15-9-7-6-8-10-15/h6-10,14H,11-13H2,1-5H3,(H2,19,22). The molecule has 0 radical (unpaired) electrons. The first-order valence-electron chi connectivity index (χ1n) is 7.98. The Morgan fingerprint density at radius 2 is 1.65 bits per heavy atom. The van der Waals surface area contributed by atoms with Gasteiger partial charge in [-0.2, -0.15) is 0 Å². The molecule has 2 amide bonds. The van der Waals surface area contributed by atoms with Crippen molar-refractivity contribution < 1.29 is 9.59 Å². The number of hydrogen-bond acceptors (Lipinski definition) is 3. The molecule has 0 heterocycles. The van der Waals surface area contributed by atoms with Gasteiger partial charge in [0, 0.05) is 18.1 Å². The highest BCUT2D eigenvalue weighted by molar-refractivity contribution is 5.81. The van der Waals surface area contributed by atoms with E-state index in [0.29, 0.717) is 6.54 Å². The lowest BCUT2D eigenvalue weighted by Crippen LogP contribution is -2.51. The molecule has 5 nitrogen and oxygen atoms in total. The van der Waals surface area contributed by atoms with Gasteiger partial charge in [0.1, 0.15) is 0 Å². The van der Waals surface area contributed by atoms with E-state index in [-0.39, 0.29) is 30.6 Å². The first-order chi connectivity index (χ1) is 10.6. The van der Waals surface area contributed by atoms with Crippen LogP contribution in [0.1, 0.15) is 40.2 Å². The maximum absolute atomic E-state index is 12.8. The van der Waals surface area contributed by atoms with E-state index in [1.54, 1.807) is 4.90 Å². The lowest BCUT2D eigenvalue weighted by molar-refractivity contribution is -0.138. The van der Waals surface area contributed by atoms with Crippen molar-refractivity contribution in [3.63, 3.8) is 0 Å². The van der Waals surface area contributed by atoms with Gasteiger partial charge < -0.3 is 10.6 Å². The summed E-state index contributed by atoms with van der Waals surface area (Å²) in [6.45, 7) is 10.8. The molecule has 0 saturated heterocycles. The molecule has 23 heavy (non-hydrogen) atoms. The Bertz CT molecular complexity index is 521. The quantitative estimate of drug-likeness (QED) is 0.836. The van der Waals surface area contributed by atoms with Gasteiger partial charge in [-0.15, -0.1) is 0 Å². The minimum Gasteiger partial charge on any atom is -0.369 e. The van der Waals surface area contributed by atoms with E-state index in [9.17, 15) is 9.59 Å². The van der Waals surface area contributed by atoms with Crippen molar-refractivity contribution in [2.24, 2.45) is 5.73 Å². The third kappa shape index (κ3) is 6.40. The van der Waals surface area contributed by atoms with Gasteiger partial charge in [0.2, 0.25) is 11.8 Å². The van der Waals surface area contributed by atoms with Crippen molar-refractivity contribution in [3.05, 3.63) is 35.9 Å². The lowest BCUT2D eigenvalue weighted by Gasteiger charge is -2.38. The summed E-state index contributed by atoms with van der Waals surface area (Å²) in [4.78, 5) is 27.7. The largest absolute Gasteiger partial charge is 0.369 e. The second kappa shape index (κ2) is 8.11. The molecule has 128 valence electrons. The molecule has 0 saturated carbocycles. The van der Waals surface area contributed by atoms with Crippen LogP contribution in [0, 0.1) is 0 Å². The number of rotatable bonds is 7. The predicted molar refractivity (Wildman–Crippen MR) is 92.6 cm³/mol. The van der Waals surface area contributed by atoms with Crippen molar-refractivity contribution in [1.29, 1.82) is 0 Å². The Balaban J connectivity index is 2.89. The van der Waals surface area contributed by atoms with Crippen LogP contribution in [0.5, 0.6) is 0 Å². The molecular formula is C18H29N3O2. The number of carbonyl (C=O) groups excluding carboxylic acids is 2. The fourth-order valence-corrected chi connectivity index (χ4v) is 2.35. The van der Waals surface area contributed by atoms with Crippen molar-refractivity contribution in [3.8, 4) is 0 Å². The average Bonchev–Trinajstić information content (AvgIpc) is 2.43. The number of benzene rings is 1. The molecule has 0 aromatic heterocycles. The van der Waals surface area contributed by atoms with Crippen molar-refractivity contribution in [2.45, 2.75) is 52.7 Å². The van der Waals surface area contributed by atoms with Gasteiger partial charge in [-0.25, -0.2) is 0 Å². The summed E-state index contributed by atoms with van der Waals surface area (Å²) < 4.78 is 0. The Morgan fingerprint density at radius 1 is 1.09 bits per heavy atom. The summed E-state index contributed by atoms with van der Waals surface area (Å²) in [6, 6.07) is 9.98. The zero-order valence-electron chi connectivity index (χ0n) is 14.9. The van der Waals surface area contributed by atoms with Gasteiger partial charge >= 0.3 is 0 Å². The van der Waals surface area contributed by atoms with Crippen LogP contribution >= 0.6 is 0 Å². The first-order valence-corrected chi connectivity index (χ1v) is 7.98. The van der Waals surface area contributed by atoms with Crippen LogP contribution in [0.3, 0.4) is 0 Å². The predicted octanol–water partition coefficient (Wildman–Crippen LogP) is 2.01. The van der Waals surface area contributed by atoms with E-state index in [0.717, 1.165) is 5.56 Å². The minimum absolute atomic E-state index is 0.00342. The topological polar surface area (TPSA) is 66.6 Å². The van der Waals surface area contributed by atoms with E-state index in [1.807, 2.05) is 69.9 Å². The third-order valence-electron chi connectivity index (χ3n) is 3.72. The summed E-state index contributed by atoms with van der Waals surface area (Å²) >= 11 is 0. The second-order valence-corrected chi connectivity index (χ2v) is 7.10. The van der Waals surface area contributed by atoms with Gasteiger partial charge in [0.25, 0.3) is 0 Å². The second-order valence-electron chi connectivity index (χ2n) is 7.10. The number of nitrogens with two attached hydrogens (primary N) is 1. The van der Waals surface area contributed by atoms with Crippen molar-refractivity contribution in [1.82, 2.24) is 9.80 Å². The number of carbonyl (C=O) groups is 2. The van der Waals surface area contributed by atoms with Crippen LogP contribution in [0.2, 0.25) is 0 Å². The maximum Gasteiger partial charge on any atom is 0.237 e. The van der Waals surface area contributed by atoms with Crippen LogP contribution in [0.4, 0.5) is 0 Å². The Hall–Kier alpha value is -1.88. The summed E-state index contributed by atoms with van der Waals surface area (Å²) in [6.07, 6.45) is 0. The van der Waals surface area contributed by atoms with Gasteiger partial charge in [-0.05, 0) is 40.2 Å². The van der Waals surface area contributed by atoms with Crippen LogP contribution in [-0.2, 0) is 16.1 Å². The monoisotopic (exact) mass is 319 g/mol. The van der Waals surface area contributed by atoms with Crippen LogP contribution in [0.25, 0.3) is 0 Å². The summed E-state index contributed by atoms with van der Waals surface area (Å²) in [5.41, 5.74) is 6.07. The molecule has 1 rings (SSSR count). The van der Waals surface area contributed by atoms with E-state index >= 15 is 0 Å². The summed E-state index contributed by atoms with van der Waals surface area (Å²) in [7, 11) is 0. The zero-order valence-corrected chi connectivity index (χ0v) is 14.9. The van der Waals surface area contributed by atoms with Crippen molar-refractivity contribution in [2.75, 3.05) is 13.1 Å². The van der Waals surface area contributed by atoms with Crippen molar-refractivity contribution >= 4 is 11.8 Å². The Labute approximate surface area is 139 Å². The minimum atomic E-state index is -0.420. The van der Waals surface area contributed by atoms with E-state index in [1.165, 1.54) is 0 Å². The van der Waals surface area contributed by atoms with Crippen LogP contribution < -0.4 is 5.73 Å². The molecule has 0 unspecified atom stereocenters. The molecule has 1 aromatic rings. The SMILES string of the molecule is CC(C)N(CC(N)=O)CC(=O)N(Cc1ccccc1)C(C)(C)C. The van der Waals surface area contributed by atoms with Crippen LogP contribution in [0.15, 0.2) is 30.3 Å². The zero-order chi connectivity index (χ0) is 17.6. The molecule has 2 N–H and O–H groups in total. The van der Waals surface area contributed by atoms with Gasteiger partial charge in [0.15, 0.2) is 0 Å². The highest BCUT2D eigenvalue weighted by Gasteiger charge is 2.28. The van der Waals surface area contributed by atoms with E-state index in [2.05, 4.69) is 0 Å².